The molecule has 0 saturated carbocycles. The van der Waals surface area contributed by atoms with Gasteiger partial charge in [-0.05, 0) is 0 Å². The summed E-state index contributed by atoms with van der Waals surface area (Å²) in [7, 11) is 1.35. The molecule has 0 aromatic heterocycles. The Bertz CT molecular complexity index is 1080. The Kier molecular flexibility index (Phi) is 8.01. The van der Waals surface area contributed by atoms with Crippen molar-refractivity contribution in [1.82, 2.24) is 0 Å². The standard InChI is InChI=1S/C26H24O4.Nb/c1-18-10-8-11-19(2)26(18)30-23-15-9-14-22(20(23)3)24(16-25(27)28-4)29-17-21-12-6-5-7-13-21;/h3,5-16H,17H2,1-2,4H3;. The zero-order valence-electron chi connectivity index (χ0n) is 17.8. The molecular weight excluding hydrogens is 469 g/mol. The van der Waals surface area contributed by atoms with Gasteiger partial charge in [0, 0.05) is 0 Å². The van der Waals surface area contributed by atoms with Gasteiger partial charge in [-0.3, -0.25) is 0 Å². The monoisotopic (exact) mass is 493 g/mol. The molecule has 4 nitrogen and oxygen atoms in total. The molecule has 0 aliphatic rings. The van der Waals surface area contributed by atoms with E-state index < -0.39 is 5.97 Å². The van der Waals surface area contributed by atoms with E-state index in [4.69, 9.17) is 14.2 Å². The summed E-state index contributed by atoms with van der Waals surface area (Å²) < 4.78 is 19.3. The molecule has 157 valence electrons. The van der Waals surface area contributed by atoms with Crippen molar-refractivity contribution in [3.05, 3.63) is 101 Å². The number of carbonyl (C=O) groups excluding carboxylic acids is 1. The number of ether oxygens (including phenoxy) is 3. The van der Waals surface area contributed by atoms with E-state index in [2.05, 4.69) is 0 Å². The van der Waals surface area contributed by atoms with Crippen molar-refractivity contribution in [2.45, 2.75) is 20.5 Å². The molecule has 0 aliphatic heterocycles. The van der Waals surface area contributed by atoms with Crippen LogP contribution >= 0.6 is 0 Å². The maximum atomic E-state index is 12.1. The molecule has 3 aromatic carbocycles. The van der Waals surface area contributed by atoms with Crippen molar-refractivity contribution in [3.8, 4) is 11.5 Å². The first kappa shape index (κ1) is 22.8. The zero-order chi connectivity index (χ0) is 22.2. The fourth-order valence-electron chi connectivity index (χ4n) is 3.15. The Morgan fingerprint density at radius 2 is 1.61 bits per heavy atom. The first-order valence-electron chi connectivity index (χ1n) is 9.84. The first-order chi connectivity index (χ1) is 15.0. The minimum atomic E-state index is -0.476. The Morgan fingerprint density at radius 3 is 2.26 bits per heavy atom. The number of methoxy groups -OCH3 is 1. The minimum absolute atomic E-state index is 0.332. The van der Waals surface area contributed by atoms with Crippen LogP contribution in [0, 0.1) is 13.8 Å². The molecule has 0 radical (unpaired) electrons. The Balaban J connectivity index is 2.00. The topological polar surface area (TPSA) is 44.8 Å². The molecule has 0 atom stereocenters. The van der Waals surface area contributed by atoms with E-state index in [9.17, 15) is 4.79 Å². The molecule has 5 heteroatoms. The van der Waals surface area contributed by atoms with Gasteiger partial charge in [-0.2, -0.15) is 0 Å². The van der Waals surface area contributed by atoms with Crippen LogP contribution in [0.4, 0.5) is 0 Å². The van der Waals surface area contributed by atoms with Gasteiger partial charge in [0.2, 0.25) is 0 Å². The van der Waals surface area contributed by atoms with Gasteiger partial charge in [0.15, 0.2) is 0 Å². The average molecular weight is 493 g/mol. The number of benzene rings is 3. The van der Waals surface area contributed by atoms with Gasteiger partial charge >= 0.3 is 195 Å². The van der Waals surface area contributed by atoms with Gasteiger partial charge < -0.3 is 0 Å². The van der Waals surface area contributed by atoms with Crippen LogP contribution in [0.15, 0.2) is 72.8 Å². The third kappa shape index (κ3) is 5.82. The summed E-state index contributed by atoms with van der Waals surface area (Å²) in [5.41, 5.74) is 4.75. The van der Waals surface area contributed by atoms with Crippen molar-refractivity contribution < 1.29 is 39.6 Å². The van der Waals surface area contributed by atoms with E-state index in [1.54, 1.807) is 0 Å². The number of carbonyl (C=O) groups is 1. The zero-order valence-corrected chi connectivity index (χ0v) is 20.0. The number of aryl methyl sites for hydroxylation is 2. The summed E-state index contributed by atoms with van der Waals surface area (Å²) >= 11 is 1.53. The summed E-state index contributed by atoms with van der Waals surface area (Å²) in [5, 5.41) is 0. The predicted octanol–water partition coefficient (Wildman–Crippen LogP) is 5.52. The normalized spacial score (nSPS) is 11.0. The van der Waals surface area contributed by atoms with E-state index in [0.717, 1.165) is 33.6 Å². The van der Waals surface area contributed by atoms with Crippen LogP contribution < -0.4 is 4.74 Å². The molecule has 0 amide bonds. The van der Waals surface area contributed by atoms with Crippen LogP contribution in [-0.2, 0) is 41.5 Å². The second kappa shape index (κ2) is 10.9. The Hall–Kier alpha value is -2.92. The van der Waals surface area contributed by atoms with E-state index in [1.807, 2.05) is 84.8 Å². The molecule has 0 spiro atoms. The van der Waals surface area contributed by atoms with E-state index >= 15 is 0 Å². The maximum absolute atomic E-state index is 12.1. The molecule has 0 saturated heterocycles. The van der Waals surface area contributed by atoms with Gasteiger partial charge in [-0.25, -0.2) is 0 Å². The van der Waals surface area contributed by atoms with Crippen LogP contribution in [0.1, 0.15) is 27.8 Å². The van der Waals surface area contributed by atoms with Crippen LogP contribution in [0.2, 0.25) is 0 Å². The predicted molar refractivity (Wildman–Crippen MR) is 119 cm³/mol. The molecule has 0 N–H and O–H groups in total. The van der Waals surface area contributed by atoms with E-state index in [1.165, 1.54) is 33.8 Å². The molecule has 0 bridgehead atoms. The molecule has 3 rings (SSSR count). The third-order valence-corrected chi connectivity index (χ3v) is 5.40. The molecule has 0 heterocycles. The number of rotatable bonds is 8. The summed E-state index contributed by atoms with van der Waals surface area (Å²) in [5.74, 6) is 1.49. The van der Waals surface area contributed by atoms with Crippen LogP contribution in [-0.4, -0.2) is 17.3 Å². The van der Waals surface area contributed by atoms with Crippen LogP contribution in [0.3, 0.4) is 0 Å². The molecule has 0 unspecified atom stereocenters. The van der Waals surface area contributed by atoms with Crippen molar-refractivity contribution in [1.29, 1.82) is 0 Å². The summed E-state index contributed by atoms with van der Waals surface area (Å²) in [6.07, 6.45) is 1.37. The number of esters is 1. The van der Waals surface area contributed by atoms with Gasteiger partial charge in [-0.1, -0.05) is 0 Å². The summed E-state index contributed by atoms with van der Waals surface area (Å²) in [6.45, 7) is 4.38. The van der Waals surface area contributed by atoms with Gasteiger partial charge in [0.05, 0.1) is 0 Å². The second-order valence-electron chi connectivity index (χ2n) is 6.98. The van der Waals surface area contributed by atoms with Gasteiger partial charge in [0.25, 0.3) is 0 Å². The second-order valence-corrected chi connectivity index (χ2v) is 7.61. The fourth-order valence-corrected chi connectivity index (χ4v) is 3.80. The number of hydrogen-bond donors (Lipinski definition) is 0. The number of hydrogen-bond acceptors (Lipinski definition) is 4. The van der Waals surface area contributed by atoms with Gasteiger partial charge in [0.1, 0.15) is 0 Å². The first-order valence-corrected chi connectivity index (χ1v) is 11.1. The molecule has 0 fully saturated rings. The van der Waals surface area contributed by atoms with Crippen molar-refractivity contribution in [2.24, 2.45) is 0 Å². The number of para-hydroxylation sites is 1. The molecule has 31 heavy (non-hydrogen) atoms. The van der Waals surface area contributed by atoms with E-state index in [-0.39, 0.29) is 0 Å². The molecule has 0 aliphatic carbocycles. The SMILES string of the molecule is COC(=O)C=C(OCc1ccccc1)c1cccc(Oc2c(C)cccc2C)c1[CH]=[Nb]. The van der Waals surface area contributed by atoms with Crippen molar-refractivity contribution in [3.63, 3.8) is 0 Å². The van der Waals surface area contributed by atoms with Crippen molar-refractivity contribution in [2.75, 3.05) is 7.11 Å². The molecule has 3 aromatic rings. The average Bonchev–Trinajstić information content (AvgIpc) is 2.79. The van der Waals surface area contributed by atoms with Crippen molar-refractivity contribution >= 4 is 16.0 Å². The molecular formula is C26H24NbO4. The van der Waals surface area contributed by atoms with E-state index in [0.29, 0.717) is 18.1 Å². The Morgan fingerprint density at radius 1 is 0.935 bits per heavy atom. The summed E-state index contributed by atoms with van der Waals surface area (Å²) in [6, 6.07) is 21.6. The summed E-state index contributed by atoms with van der Waals surface area (Å²) in [4.78, 5) is 12.1. The van der Waals surface area contributed by atoms with Crippen LogP contribution in [0.5, 0.6) is 11.5 Å². The van der Waals surface area contributed by atoms with Crippen LogP contribution in [0.25, 0.3) is 5.76 Å². The third-order valence-electron chi connectivity index (χ3n) is 4.77. The van der Waals surface area contributed by atoms with Gasteiger partial charge in [-0.15, -0.1) is 0 Å². The quantitative estimate of drug-likeness (QED) is 0.179. The Labute approximate surface area is 194 Å². The fraction of sp³-hybridized carbons (Fsp3) is 0.154.